The largest absolute Gasteiger partial charge is 1.00 e. The Labute approximate surface area is 900 Å². The lowest BCUT2D eigenvalue weighted by molar-refractivity contribution is -0.427. The smallest absolute Gasteiger partial charge is 0.267 e. The monoisotopic (exact) mass is 2150 g/mol. The number of amides is 5. The Balaban J connectivity index is 0.000000316. The van der Waals surface area contributed by atoms with E-state index in [-0.39, 0.29) is 139 Å². The second kappa shape index (κ2) is 60.9. The number of aryl methyl sites for hydroxylation is 4. The summed E-state index contributed by atoms with van der Waals surface area (Å²) in [5.41, 5.74) is 41.3. The lowest BCUT2D eigenvalue weighted by Gasteiger charge is -2.18. The van der Waals surface area contributed by atoms with Crippen LogP contribution in [-0.2, 0) is 0 Å². The van der Waals surface area contributed by atoms with Gasteiger partial charge in [0.15, 0.2) is 11.5 Å². The minimum Gasteiger partial charge on any atom is -1.00 e. The fraction of sp³-hybridized carbons (Fsp3) is 0.324. The summed E-state index contributed by atoms with van der Waals surface area (Å²) >= 11 is 30.9. The predicted octanol–water partition coefficient (Wildman–Crippen LogP) is 11.9. The number of carbonyl (C=O) groups excluding carboxylic acids is 5. The molecule has 5 aromatic heterocycles. The Morgan fingerprint density at radius 3 is 1.13 bits per heavy atom. The molecule has 18 rings (SSSR count). The number of H-pyrrole nitrogens is 5. The number of nitrogens with one attached hydrogen (secondary N) is 11. The highest BCUT2D eigenvalue weighted by molar-refractivity contribution is 6.22. The van der Waals surface area contributed by atoms with Gasteiger partial charge in [-0.25, -0.2) is 0 Å². The van der Waals surface area contributed by atoms with Crippen LogP contribution in [0, 0.1) is 39.5 Å². The molecule has 2 fully saturated rings. The number of aromatic amines is 5. The number of quaternary nitrogens is 3. The maximum absolute atomic E-state index is 12.6. The van der Waals surface area contributed by atoms with Crippen LogP contribution in [0.15, 0.2) is 237 Å². The number of fused-ring (bicyclic) bond motifs is 6. The third kappa shape index (κ3) is 35.2. The summed E-state index contributed by atoms with van der Waals surface area (Å²) in [4.78, 5) is 78.6. The van der Waals surface area contributed by atoms with Crippen molar-refractivity contribution >= 4 is 142 Å². The molecule has 0 spiro atoms. The maximum atomic E-state index is 12.6. The van der Waals surface area contributed by atoms with Crippen molar-refractivity contribution in [3.8, 4) is 67.1 Å². The van der Waals surface area contributed by atoms with Crippen LogP contribution in [0.2, 0.25) is 0 Å². The minimum absolute atomic E-state index is 0. The number of hydrogen-bond donors (Lipinski definition) is 20. The third-order valence-electron chi connectivity index (χ3n) is 25.4. The van der Waals surface area contributed by atoms with Crippen LogP contribution in [0.4, 0.5) is 0 Å². The lowest BCUT2D eigenvalue weighted by atomic mass is 10.0. The van der Waals surface area contributed by atoms with Crippen LogP contribution in [0.25, 0.3) is 110 Å². The van der Waals surface area contributed by atoms with Gasteiger partial charge in [-0.1, -0.05) is 187 Å². The highest BCUT2D eigenvalue weighted by Crippen LogP contribution is 2.38. The maximum Gasteiger partial charge on any atom is 0.267 e. The SMILES string of the molecule is C.Cc1ccc(-c2ccc3[nH]c(C(=O)NC[C@H](Cl)CCC[NH3+])cc3c2)cc1.Cc1ccc(-c2ccc3cc(C(=O)NC(C)[C@@H](Cl)CCC[NH3+])[nH]c3c2)cc1.Cc1ccc(-c2ccc3cc(C(=O)NC[C@@H](Cl)CCC([NH3+])C4CC4)[nH]c3c2)cc1.Cc1ccc(-c2ccc3cc(C(=O)NC[C@@H]4C[C@H](CN)CN4)[nH]c3c2)cc1.N.N.N.N.N.O=C(NC[C@H](Cl)CCCCl)c1cc2ccc(-c3ccc4c(c3)OCO4)cc2[nH]1.[Cl-].[Cl-].[Cl-]. The molecule has 10 aromatic carbocycles. The Morgan fingerprint density at radius 1 is 0.397 bits per heavy atom. The summed E-state index contributed by atoms with van der Waals surface area (Å²) in [6, 6.07) is 80.7. The molecule has 27 nitrogen and oxygen atoms in total. The molecular weight excluding hydrogens is 2010 g/mol. The van der Waals surface area contributed by atoms with Gasteiger partial charge in [0, 0.05) is 111 Å². The molecule has 1 saturated heterocycles. The number of nitrogens with two attached hydrogens (primary N) is 1. The van der Waals surface area contributed by atoms with Crippen LogP contribution in [0.1, 0.15) is 160 Å². The highest BCUT2D eigenvalue weighted by atomic mass is 35.5. The van der Waals surface area contributed by atoms with E-state index in [1.807, 2.05) is 85.8 Å². The van der Waals surface area contributed by atoms with Crippen LogP contribution < -0.4 is 132 Å². The molecule has 35 heteroatoms. The molecule has 3 aliphatic rings. The van der Waals surface area contributed by atoms with Gasteiger partial charge >= 0.3 is 0 Å². The molecule has 15 aromatic rings. The zero-order valence-electron chi connectivity index (χ0n) is 83.2. The van der Waals surface area contributed by atoms with Crippen molar-refractivity contribution in [3.05, 3.63) is 287 Å². The van der Waals surface area contributed by atoms with Crippen molar-refractivity contribution in [1.82, 2.24) is 87.6 Å². The van der Waals surface area contributed by atoms with Gasteiger partial charge in [-0.2, -0.15) is 0 Å². The Morgan fingerprint density at radius 2 is 0.733 bits per heavy atom. The summed E-state index contributed by atoms with van der Waals surface area (Å²) in [7, 11) is 0. The number of rotatable bonds is 34. The minimum atomic E-state index is -0.169. The lowest BCUT2D eigenvalue weighted by Crippen LogP contribution is -3.00. The summed E-state index contributed by atoms with van der Waals surface area (Å²) in [6.45, 7) is 15.8. The van der Waals surface area contributed by atoms with E-state index in [0.717, 1.165) is 194 Å². The van der Waals surface area contributed by atoms with Gasteiger partial charge in [0.1, 0.15) is 28.5 Å². The molecule has 0 radical (unpaired) electrons. The average Bonchev–Trinajstić information content (AvgIpc) is 1.69. The van der Waals surface area contributed by atoms with Crippen molar-refractivity contribution < 1.29 is 87.9 Å². The van der Waals surface area contributed by atoms with E-state index >= 15 is 0 Å². The number of ether oxygens (including phenoxy) is 2. The zero-order chi connectivity index (χ0) is 96.6. The summed E-state index contributed by atoms with van der Waals surface area (Å²) in [5.74, 6) is 2.78. The number of alkyl halides is 5. The van der Waals surface area contributed by atoms with E-state index in [9.17, 15) is 24.0 Å². The van der Waals surface area contributed by atoms with Gasteiger partial charge in [0.05, 0.1) is 40.6 Å². The average molecular weight is 2160 g/mol. The number of halogens is 8. The van der Waals surface area contributed by atoms with Gasteiger partial charge in [-0.3, -0.25) is 24.0 Å². The van der Waals surface area contributed by atoms with Gasteiger partial charge in [0.25, 0.3) is 29.5 Å². The molecule has 2 unspecified atom stereocenters. The number of benzene rings is 10. The molecule has 7 heterocycles. The van der Waals surface area contributed by atoms with Crippen LogP contribution in [0.3, 0.4) is 0 Å². The Hall–Kier alpha value is -11.2. The molecule has 1 saturated carbocycles. The van der Waals surface area contributed by atoms with Crippen molar-refractivity contribution in [2.24, 2.45) is 17.6 Å². The topological polar surface area (TPSA) is 539 Å². The quantitative estimate of drug-likeness (QED) is 0.0167. The van der Waals surface area contributed by atoms with Gasteiger partial charge in [-0.15, -0.1) is 58.0 Å². The number of aromatic nitrogens is 5. The van der Waals surface area contributed by atoms with Gasteiger partial charge in [0.2, 0.25) is 6.79 Å². The summed E-state index contributed by atoms with van der Waals surface area (Å²) < 4.78 is 10.8. The zero-order valence-corrected chi connectivity index (χ0v) is 89.2. The van der Waals surface area contributed by atoms with E-state index in [0.29, 0.717) is 85.1 Å². The van der Waals surface area contributed by atoms with Crippen LogP contribution >= 0.6 is 58.0 Å². The van der Waals surface area contributed by atoms with E-state index in [1.165, 1.54) is 46.2 Å². The molecule has 788 valence electrons. The van der Waals surface area contributed by atoms with Crippen LogP contribution in [0.5, 0.6) is 11.5 Å². The molecule has 2 aliphatic heterocycles. The number of hydrogen-bond acceptors (Lipinski definition) is 14. The van der Waals surface area contributed by atoms with Crippen LogP contribution in [-0.4, -0.2) is 159 Å². The van der Waals surface area contributed by atoms with Gasteiger partial charge in [-0.05, 0) is 252 Å². The van der Waals surface area contributed by atoms with E-state index in [4.69, 9.17) is 73.2 Å². The first-order valence-corrected chi connectivity index (χ1v) is 49.8. The third-order valence-corrected chi connectivity index (χ3v) is 27.4. The summed E-state index contributed by atoms with van der Waals surface area (Å²) in [6.07, 6.45) is 10.8. The second-order valence-corrected chi connectivity index (χ2v) is 39.1. The fourth-order valence-corrected chi connectivity index (χ4v) is 17.8. The van der Waals surface area contributed by atoms with Crippen molar-refractivity contribution in [3.63, 3.8) is 0 Å². The Kier molecular flexibility index (Phi) is 52.2. The fourth-order valence-electron chi connectivity index (χ4n) is 16.8. The van der Waals surface area contributed by atoms with E-state index < -0.39 is 0 Å². The normalized spacial score (nSPS) is 14.1. The van der Waals surface area contributed by atoms with Crippen molar-refractivity contribution in [2.75, 3.05) is 65.0 Å². The Bertz CT molecular complexity index is 6600. The molecule has 1 aliphatic carbocycles. The van der Waals surface area contributed by atoms with Crippen molar-refractivity contribution in [2.45, 2.75) is 152 Å². The first kappa shape index (κ1) is 125. The number of carbonyl (C=O) groups is 5. The first-order valence-electron chi connectivity index (χ1n) is 47.5. The highest BCUT2D eigenvalue weighted by Gasteiger charge is 2.32. The molecule has 8 atom stereocenters. The molecule has 5 amide bonds. The standard InChI is InChI=1S/C24H28ClN3O.C22H26ClN3O.C22H26N4O.C21H20Cl2N2O3.C21H24ClN3O.CH4.3ClH.5H3N/c1-15-2-4-16(5-3-15)18-8-9-19-13-23(28-22(19)12-18)24(29)27-14-20(25)10-11-21(26)17-6-7-17;1-14-5-7-16(8-6-14)17-9-10-18-13-21(26-20(18)12-17)22(27)25-15(2)19(23)4-3-11-24;1-14-2-4-16(5-3-14)17-6-7-18-10-21(26-20(18)9-17)22(27)25-13-19-8-15(11-23)12-24-19;22-7-1-2-16(23)11-24-21(26)18-9-15-4-3-13(8-17(15)25-18)14-5-6-19-20(10-14)28-12-27-19;1-14-4-6-15(7-5-14)16-8-9-19-17(11-16)12-20(25-19)21(26)24-13-18(22)3-2-10-23;;;;;;;;;/h2-5,8-9,12-13,17,20-21,28H,6-7,10-11,14,26H2,1H3,(H,27,29);5-10,12-13,15,19,26H,3-4,11,24H2,1-2H3,(H,25,27);2-7,9-10,15,19,24,26H,8,11-13,23H2,1H3,(H,25,27);3-6,8-10,16,25H,1-2,7,11-12H2,(H,24,26);4-9,11-12,18,25H,2-3,10,13,23H2,1H3,(H,24,26);1H4;3*1H;5*1H3/t20-,21?;15?,19-;15-,19+;16-;18-;;;;;;;;;/m00111........./s1. The molecular formula is C111H146Cl8N20O7. The van der Waals surface area contributed by atoms with Crippen molar-refractivity contribution in [1.29, 1.82) is 0 Å². The predicted molar refractivity (Wildman–Crippen MR) is 592 cm³/mol. The molecule has 146 heavy (non-hydrogen) atoms. The molecule has 37 N–H and O–H groups in total. The second-order valence-electron chi connectivity index (χ2n) is 36.3. The molecule has 0 bridgehead atoms. The first-order chi connectivity index (χ1) is 66.3. The van der Waals surface area contributed by atoms with E-state index in [1.54, 1.807) is 0 Å². The van der Waals surface area contributed by atoms with E-state index in [2.05, 4.69) is 259 Å². The summed E-state index contributed by atoms with van der Waals surface area (Å²) in [5, 5.41) is 22.9. The van der Waals surface area contributed by atoms with Gasteiger partial charge < -0.3 is 157 Å².